The molecule has 0 radical (unpaired) electrons. The van der Waals surface area contributed by atoms with Crippen LogP contribution in [0.5, 0.6) is 0 Å². The second-order valence-corrected chi connectivity index (χ2v) is 6.43. The van der Waals surface area contributed by atoms with Gasteiger partial charge in [-0.1, -0.05) is 18.6 Å². The minimum Gasteiger partial charge on any atom is -0.351 e. The Bertz CT molecular complexity index is 540. The Hall–Kier alpha value is -1.59. The quantitative estimate of drug-likeness (QED) is 0.854. The van der Waals surface area contributed by atoms with Crippen molar-refractivity contribution in [2.45, 2.75) is 51.7 Å². The molecule has 0 saturated carbocycles. The number of carbonyl (C=O) groups excluding carboxylic acids is 2. The highest BCUT2D eigenvalue weighted by Gasteiger charge is 2.20. The van der Waals surface area contributed by atoms with Crippen molar-refractivity contribution in [1.82, 2.24) is 15.5 Å². The van der Waals surface area contributed by atoms with Crippen LogP contribution >= 0.6 is 12.4 Å². The van der Waals surface area contributed by atoms with Crippen LogP contribution in [0.2, 0.25) is 0 Å². The first kappa shape index (κ1) is 20.5. The average molecular weight is 354 g/mol. The smallest absolute Gasteiger partial charge is 0.253 e. The Morgan fingerprint density at radius 3 is 2.46 bits per heavy atom. The fraction of sp³-hybridized carbons (Fsp3) is 0.556. The van der Waals surface area contributed by atoms with Crippen LogP contribution in [0.4, 0.5) is 0 Å². The van der Waals surface area contributed by atoms with Gasteiger partial charge in [-0.2, -0.15) is 0 Å². The summed E-state index contributed by atoms with van der Waals surface area (Å²) < 4.78 is 0. The van der Waals surface area contributed by atoms with Crippen LogP contribution < -0.4 is 10.6 Å². The maximum atomic E-state index is 12.2. The number of rotatable bonds is 5. The van der Waals surface area contributed by atoms with E-state index in [1.54, 1.807) is 11.9 Å². The number of halogens is 1. The van der Waals surface area contributed by atoms with Crippen molar-refractivity contribution in [3.8, 4) is 0 Å². The molecular formula is C18H28ClN3O2. The predicted octanol–water partition coefficient (Wildman–Crippen LogP) is 2.35. The second kappa shape index (κ2) is 9.64. The minimum absolute atomic E-state index is 0. The third-order valence-corrected chi connectivity index (χ3v) is 4.39. The number of piperidine rings is 1. The zero-order valence-corrected chi connectivity index (χ0v) is 15.5. The molecule has 2 rings (SSSR count). The van der Waals surface area contributed by atoms with Gasteiger partial charge in [-0.15, -0.1) is 12.4 Å². The van der Waals surface area contributed by atoms with Gasteiger partial charge in [0, 0.05) is 25.2 Å². The van der Waals surface area contributed by atoms with Crippen LogP contribution in [0.3, 0.4) is 0 Å². The van der Waals surface area contributed by atoms with Crippen LogP contribution in [0.15, 0.2) is 24.3 Å². The fourth-order valence-corrected chi connectivity index (χ4v) is 2.59. The van der Waals surface area contributed by atoms with Crippen molar-refractivity contribution < 1.29 is 9.59 Å². The van der Waals surface area contributed by atoms with E-state index in [0.29, 0.717) is 12.1 Å². The molecule has 1 unspecified atom stereocenters. The van der Waals surface area contributed by atoms with E-state index in [0.717, 1.165) is 31.4 Å². The number of carbonyl (C=O) groups is 2. The Morgan fingerprint density at radius 1 is 1.25 bits per heavy atom. The fourth-order valence-electron chi connectivity index (χ4n) is 2.59. The molecule has 1 heterocycles. The summed E-state index contributed by atoms with van der Waals surface area (Å²) in [5, 5.41) is 6.20. The zero-order chi connectivity index (χ0) is 16.8. The molecule has 24 heavy (non-hydrogen) atoms. The SMILES string of the molecule is CC(C)N(C)C(=O)c1ccc(CNC(=O)C2CCCCN2)cc1.Cl. The summed E-state index contributed by atoms with van der Waals surface area (Å²) in [6.45, 7) is 5.38. The molecule has 0 spiro atoms. The van der Waals surface area contributed by atoms with Gasteiger partial charge in [0.1, 0.15) is 0 Å². The third-order valence-electron chi connectivity index (χ3n) is 4.39. The molecular weight excluding hydrogens is 326 g/mol. The molecule has 0 aliphatic carbocycles. The van der Waals surface area contributed by atoms with E-state index >= 15 is 0 Å². The minimum atomic E-state index is -0.0655. The van der Waals surface area contributed by atoms with Gasteiger partial charge in [0.15, 0.2) is 0 Å². The molecule has 1 atom stereocenters. The summed E-state index contributed by atoms with van der Waals surface area (Å²) in [4.78, 5) is 26.0. The summed E-state index contributed by atoms with van der Waals surface area (Å²) in [7, 11) is 1.80. The maximum Gasteiger partial charge on any atom is 0.253 e. The molecule has 6 heteroatoms. The Kier molecular flexibility index (Phi) is 8.22. The van der Waals surface area contributed by atoms with E-state index in [4.69, 9.17) is 0 Å². The van der Waals surface area contributed by atoms with Gasteiger partial charge in [0.2, 0.25) is 5.91 Å². The monoisotopic (exact) mass is 353 g/mol. The molecule has 134 valence electrons. The Balaban J connectivity index is 0.00000288. The highest BCUT2D eigenvalue weighted by molar-refractivity contribution is 5.94. The average Bonchev–Trinajstić information content (AvgIpc) is 2.59. The number of nitrogens with zero attached hydrogens (tertiary/aromatic N) is 1. The number of nitrogens with one attached hydrogen (secondary N) is 2. The molecule has 2 amide bonds. The first-order valence-corrected chi connectivity index (χ1v) is 8.36. The van der Waals surface area contributed by atoms with Crippen molar-refractivity contribution in [2.24, 2.45) is 0 Å². The summed E-state index contributed by atoms with van der Waals surface area (Å²) in [6.07, 6.45) is 3.15. The predicted molar refractivity (Wildman–Crippen MR) is 98.4 cm³/mol. The standard InChI is InChI=1S/C18H27N3O2.ClH/c1-13(2)21(3)18(23)15-9-7-14(8-10-15)12-20-17(22)16-6-4-5-11-19-16;/h7-10,13,16,19H,4-6,11-12H2,1-3H3,(H,20,22);1H. The second-order valence-electron chi connectivity index (χ2n) is 6.43. The molecule has 1 aliphatic heterocycles. The van der Waals surface area contributed by atoms with E-state index < -0.39 is 0 Å². The van der Waals surface area contributed by atoms with Gasteiger partial charge in [-0.25, -0.2) is 0 Å². The number of benzene rings is 1. The van der Waals surface area contributed by atoms with Crippen molar-refractivity contribution >= 4 is 24.2 Å². The molecule has 5 nitrogen and oxygen atoms in total. The summed E-state index contributed by atoms with van der Waals surface area (Å²) in [5.41, 5.74) is 1.67. The molecule has 1 fully saturated rings. The molecule has 0 bridgehead atoms. The molecule has 2 N–H and O–H groups in total. The third kappa shape index (κ3) is 5.49. The van der Waals surface area contributed by atoms with E-state index in [9.17, 15) is 9.59 Å². The number of hydrogen-bond acceptors (Lipinski definition) is 3. The van der Waals surface area contributed by atoms with Gasteiger partial charge in [-0.05, 0) is 50.9 Å². The highest BCUT2D eigenvalue weighted by atomic mass is 35.5. The van der Waals surface area contributed by atoms with Crippen molar-refractivity contribution in [2.75, 3.05) is 13.6 Å². The lowest BCUT2D eigenvalue weighted by molar-refractivity contribution is -0.123. The molecule has 0 aromatic heterocycles. The normalized spacial score (nSPS) is 17.1. The van der Waals surface area contributed by atoms with Crippen LogP contribution in [0, 0.1) is 0 Å². The molecule has 1 saturated heterocycles. The van der Waals surface area contributed by atoms with Crippen molar-refractivity contribution in [3.63, 3.8) is 0 Å². The molecule has 1 aromatic rings. The van der Waals surface area contributed by atoms with Crippen molar-refractivity contribution in [1.29, 1.82) is 0 Å². The number of amides is 2. The highest BCUT2D eigenvalue weighted by Crippen LogP contribution is 2.10. The van der Waals surface area contributed by atoms with Crippen molar-refractivity contribution in [3.05, 3.63) is 35.4 Å². The van der Waals surface area contributed by atoms with E-state index in [1.165, 1.54) is 0 Å². The first-order chi connectivity index (χ1) is 11.0. The Morgan fingerprint density at radius 2 is 1.92 bits per heavy atom. The molecule has 1 aromatic carbocycles. The van der Waals surface area contributed by atoms with Crippen LogP contribution in [-0.4, -0.2) is 42.4 Å². The maximum absolute atomic E-state index is 12.2. The van der Waals surface area contributed by atoms with Crippen LogP contribution in [0.25, 0.3) is 0 Å². The summed E-state index contributed by atoms with van der Waals surface area (Å²) >= 11 is 0. The van der Waals surface area contributed by atoms with Gasteiger partial charge >= 0.3 is 0 Å². The topological polar surface area (TPSA) is 61.4 Å². The van der Waals surface area contributed by atoms with Gasteiger partial charge in [0.05, 0.1) is 6.04 Å². The lowest BCUT2D eigenvalue weighted by Crippen LogP contribution is -2.46. The summed E-state index contributed by atoms with van der Waals surface area (Å²) in [6, 6.07) is 7.54. The van der Waals surface area contributed by atoms with Crippen LogP contribution in [-0.2, 0) is 11.3 Å². The summed E-state index contributed by atoms with van der Waals surface area (Å²) in [5.74, 6) is 0.0754. The zero-order valence-electron chi connectivity index (χ0n) is 14.7. The largest absolute Gasteiger partial charge is 0.351 e. The number of hydrogen-bond donors (Lipinski definition) is 2. The van der Waals surface area contributed by atoms with E-state index in [2.05, 4.69) is 10.6 Å². The van der Waals surface area contributed by atoms with Gasteiger partial charge in [0.25, 0.3) is 5.91 Å². The Labute approximate surface area is 150 Å². The molecule has 1 aliphatic rings. The van der Waals surface area contributed by atoms with Gasteiger partial charge in [-0.3, -0.25) is 9.59 Å². The first-order valence-electron chi connectivity index (χ1n) is 8.36. The van der Waals surface area contributed by atoms with E-state index in [-0.39, 0.29) is 36.3 Å². The van der Waals surface area contributed by atoms with Crippen LogP contribution in [0.1, 0.15) is 49.0 Å². The lowest BCUT2D eigenvalue weighted by atomic mass is 10.0. The lowest BCUT2D eigenvalue weighted by Gasteiger charge is -2.22. The van der Waals surface area contributed by atoms with Gasteiger partial charge < -0.3 is 15.5 Å². The van der Waals surface area contributed by atoms with E-state index in [1.807, 2.05) is 38.1 Å².